The van der Waals surface area contributed by atoms with Gasteiger partial charge in [0, 0.05) is 49.2 Å². The van der Waals surface area contributed by atoms with Crippen LogP contribution in [-0.4, -0.2) is 100 Å². The topological polar surface area (TPSA) is 181 Å². The molecular weight excluding hydrogens is 785 g/mol. The molecule has 0 heterocycles. The molecule has 0 radical (unpaired) electrons. The van der Waals surface area contributed by atoms with E-state index in [2.05, 4.69) is 34.4 Å². The zero-order valence-corrected chi connectivity index (χ0v) is 41.3. The summed E-state index contributed by atoms with van der Waals surface area (Å²) in [7, 11) is -17.7. The zero-order chi connectivity index (χ0) is 41.6. The second kappa shape index (κ2) is 21.4. The van der Waals surface area contributed by atoms with E-state index in [0.717, 1.165) is 0 Å². The number of ether oxygens (including phenoxy) is 2. The maximum atomic E-state index is 12.7. The molecular formula is C32H70N4O11Si6. The Kier molecular flexibility index (Phi) is 20.6. The first kappa shape index (κ1) is 51.1. The van der Waals surface area contributed by atoms with E-state index in [1.165, 1.54) is 13.8 Å². The Labute approximate surface area is 325 Å². The van der Waals surface area contributed by atoms with Crippen molar-refractivity contribution < 1.29 is 49.2 Å². The van der Waals surface area contributed by atoms with Crippen LogP contribution in [0.15, 0.2) is 24.3 Å². The fraction of sp³-hybridized carbons (Fsp3) is 0.750. The maximum Gasteiger partial charge on any atom is 0.472 e. The lowest BCUT2D eigenvalue weighted by Gasteiger charge is -2.47. The van der Waals surface area contributed by atoms with Gasteiger partial charge in [0.05, 0.1) is 0 Å². The molecule has 0 fully saturated rings. The predicted molar refractivity (Wildman–Crippen MR) is 223 cm³/mol. The molecule has 4 amide bonds. The molecule has 0 aromatic carbocycles. The van der Waals surface area contributed by atoms with Gasteiger partial charge >= 0.3 is 41.6 Å². The predicted octanol–water partition coefficient (Wildman–Crippen LogP) is 6.60. The van der Waals surface area contributed by atoms with Crippen LogP contribution in [0.1, 0.15) is 40.5 Å². The second-order valence-electron chi connectivity index (χ2n) is 16.8. The molecule has 0 aliphatic carbocycles. The van der Waals surface area contributed by atoms with Gasteiger partial charge in [0.1, 0.15) is 0 Å². The molecule has 0 aromatic heterocycles. The number of hydrogen-bond donors (Lipinski definition) is 4. The Morgan fingerprint density at radius 1 is 0.509 bits per heavy atom. The van der Waals surface area contributed by atoms with Gasteiger partial charge in [-0.1, -0.05) is 13.2 Å². The van der Waals surface area contributed by atoms with Crippen molar-refractivity contribution in [3.63, 3.8) is 0 Å². The summed E-state index contributed by atoms with van der Waals surface area (Å²) in [5.41, 5.74) is 0.344. The number of esters is 2. The van der Waals surface area contributed by atoms with Crippen LogP contribution in [-0.2, 0) is 39.6 Å². The van der Waals surface area contributed by atoms with Crippen molar-refractivity contribution >= 4 is 74.9 Å². The van der Waals surface area contributed by atoms with Crippen LogP contribution in [0, 0.1) is 0 Å². The van der Waals surface area contributed by atoms with Crippen molar-refractivity contribution in [2.75, 3.05) is 13.1 Å². The summed E-state index contributed by atoms with van der Waals surface area (Å²) < 4.78 is 47.0. The molecule has 0 aliphatic heterocycles. The quantitative estimate of drug-likeness (QED) is 0.0356. The van der Waals surface area contributed by atoms with Crippen LogP contribution < -0.4 is 21.3 Å². The summed E-state index contributed by atoms with van der Waals surface area (Å²) in [6.45, 7) is 39.1. The number of rotatable bonds is 24. The van der Waals surface area contributed by atoms with Crippen LogP contribution in [0.2, 0.25) is 90.7 Å². The molecule has 0 saturated heterocycles. The Hall–Kier alpha value is -1.94. The molecule has 2 atom stereocenters. The number of carbonyl (C=O) groups is 4. The summed E-state index contributed by atoms with van der Waals surface area (Å²) >= 11 is 0. The molecule has 0 saturated carbocycles. The Morgan fingerprint density at radius 3 is 0.981 bits per heavy atom. The Bertz CT molecular complexity index is 1140. The van der Waals surface area contributed by atoms with E-state index < -0.39 is 87.3 Å². The first-order valence-electron chi connectivity index (χ1n) is 18.2. The average molecular weight is 855 g/mol. The molecule has 15 nitrogen and oxygen atoms in total. The van der Waals surface area contributed by atoms with Crippen molar-refractivity contribution in [1.29, 1.82) is 0 Å². The fourth-order valence-corrected chi connectivity index (χ4v) is 28.4. The number of nitrogens with one attached hydrogen (secondary N) is 4. The first-order valence-corrected chi connectivity index (χ1v) is 35.7. The molecule has 21 heteroatoms. The lowest BCUT2D eigenvalue weighted by atomic mass is 10.3. The highest BCUT2D eigenvalue weighted by Gasteiger charge is 2.59. The molecule has 308 valence electrons. The van der Waals surface area contributed by atoms with Crippen LogP contribution in [0.4, 0.5) is 9.59 Å². The largest absolute Gasteiger partial charge is 0.472 e. The molecule has 0 bridgehead atoms. The van der Waals surface area contributed by atoms with Crippen LogP contribution in [0.25, 0.3) is 0 Å². The third kappa shape index (κ3) is 23.6. The smallest absolute Gasteiger partial charge is 0.438 e. The third-order valence-electron chi connectivity index (χ3n) is 6.04. The van der Waals surface area contributed by atoms with Crippen LogP contribution in [0.5, 0.6) is 0 Å². The number of amides is 4. The van der Waals surface area contributed by atoms with Gasteiger partial charge in [-0.2, -0.15) is 0 Å². The lowest BCUT2D eigenvalue weighted by molar-refractivity contribution is -0.146. The summed E-state index contributed by atoms with van der Waals surface area (Å²) in [6, 6.07) is -0.765. The third-order valence-corrected chi connectivity index (χ3v) is 25.1. The lowest BCUT2D eigenvalue weighted by Crippen LogP contribution is -2.67. The second-order valence-corrected chi connectivity index (χ2v) is 41.5. The first-order chi connectivity index (χ1) is 23.8. The van der Waals surface area contributed by atoms with Crippen LogP contribution in [0.3, 0.4) is 0 Å². The summed E-state index contributed by atoms with van der Waals surface area (Å²) in [6.07, 6.45) is -1.98. The standard InChI is InChI=1S/C32H70N4O11Si6/c1-19-33-31(39)35-27(41-29(37)25(3)4)21-23-52(43-48(7,8)9,44-49(10,11)12)47-53(45-50(13,14)15,46-51(16,17)18)24-22-28(36-32(40)34-20-2)42-30(38)26(5)6/h27-28H,3,5,19-24H2,1-2,4,6-18H3,(H2,33,35,39)(H2,34,36,40). The molecule has 0 aliphatic rings. The summed E-state index contributed by atoms with van der Waals surface area (Å²) in [5, 5.41) is 10.8. The van der Waals surface area contributed by atoms with Crippen molar-refractivity contribution in [3.05, 3.63) is 24.3 Å². The monoisotopic (exact) mass is 854 g/mol. The highest BCUT2D eigenvalue weighted by Crippen LogP contribution is 2.36. The van der Waals surface area contributed by atoms with Crippen molar-refractivity contribution in [1.82, 2.24) is 21.3 Å². The maximum absolute atomic E-state index is 12.7. The number of urea groups is 2. The molecule has 4 N–H and O–H groups in total. The Balaban J connectivity index is 7.59. The van der Waals surface area contributed by atoms with E-state index >= 15 is 0 Å². The van der Waals surface area contributed by atoms with Gasteiger partial charge in [-0.15, -0.1) is 0 Å². The molecule has 0 aromatic rings. The van der Waals surface area contributed by atoms with E-state index in [1.54, 1.807) is 13.8 Å². The van der Waals surface area contributed by atoms with Crippen molar-refractivity contribution in [2.24, 2.45) is 0 Å². The van der Waals surface area contributed by atoms with Gasteiger partial charge in [0.2, 0.25) is 0 Å². The van der Waals surface area contributed by atoms with E-state index in [-0.39, 0.29) is 36.1 Å². The van der Waals surface area contributed by atoms with Gasteiger partial charge in [-0.25, -0.2) is 19.2 Å². The Morgan fingerprint density at radius 2 is 0.774 bits per heavy atom. The highest BCUT2D eigenvalue weighted by molar-refractivity contribution is 6.92. The van der Waals surface area contributed by atoms with Gasteiger partial charge < -0.3 is 51.3 Å². The zero-order valence-electron chi connectivity index (χ0n) is 35.3. The van der Waals surface area contributed by atoms with E-state index in [4.69, 9.17) is 30.0 Å². The van der Waals surface area contributed by atoms with E-state index in [9.17, 15) is 19.2 Å². The molecule has 2 unspecified atom stereocenters. The van der Waals surface area contributed by atoms with Gasteiger partial charge in [-0.05, 0) is 106 Å². The molecule has 0 spiro atoms. The normalized spacial score (nSPS) is 14.0. The minimum atomic E-state index is -3.91. The molecule has 53 heavy (non-hydrogen) atoms. The van der Waals surface area contributed by atoms with Gasteiger partial charge in [0.25, 0.3) is 0 Å². The van der Waals surface area contributed by atoms with Gasteiger partial charge in [-0.3, -0.25) is 0 Å². The van der Waals surface area contributed by atoms with E-state index in [1.807, 2.05) is 78.6 Å². The average Bonchev–Trinajstić information content (AvgIpc) is 2.91. The minimum Gasteiger partial charge on any atom is -0.438 e. The minimum absolute atomic E-state index is 0.0826. The van der Waals surface area contributed by atoms with E-state index in [0.29, 0.717) is 13.1 Å². The van der Waals surface area contributed by atoms with Crippen molar-refractivity contribution in [3.8, 4) is 0 Å². The van der Waals surface area contributed by atoms with Gasteiger partial charge in [0.15, 0.2) is 45.7 Å². The molecule has 0 rings (SSSR count). The highest BCUT2D eigenvalue weighted by atomic mass is 28.5. The van der Waals surface area contributed by atoms with Crippen molar-refractivity contribution in [2.45, 2.75) is 144 Å². The fourth-order valence-electron chi connectivity index (χ4n) is 4.65. The van der Waals surface area contributed by atoms with Crippen LogP contribution >= 0.6 is 0 Å². The summed E-state index contributed by atoms with van der Waals surface area (Å²) in [5.74, 6) is -1.33. The SMILES string of the molecule is C=C(C)C(=O)OC(CC[Si](O[Si](C)(C)C)(O[Si](C)(C)C)O[Si](CCC(NC(=O)NCC)OC(=O)C(=C)C)(O[Si](C)(C)C)O[Si](C)(C)C)NC(=O)NCC. The number of hydrogen-bond acceptors (Lipinski definition) is 11. The number of carbonyl (C=O) groups excluding carboxylic acids is 4. The summed E-state index contributed by atoms with van der Waals surface area (Å²) in [4.78, 5) is 50.9.